The van der Waals surface area contributed by atoms with Gasteiger partial charge in [-0.3, -0.25) is 0 Å². The summed E-state index contributed by atoms with van der Waals surface area (Å²) < 4.78 is 23.7. The number of nitrogens with zero attached hydrogens (tertiary/aromatic N) is 1. The lowest BCUT2D eigenvalue weighted by molar-refractivity contribution is 0.568. The molecule has 0 aliphatic rings. The maximum atomic E-state index is 10.7. The van der Waals surface area contributed by atoms with Crippen molar-refractivity contribution in [3.8, 4) is 6.07 Å². The predicted octanol–water partition coefficient (Wildman–Crippen LogP) is 0.404. The van der Waals surface area contributed by atoms with Gasteiger partial charge in [-0.1, -0.05) is 0 Å². The van der Waals surface area contributed by atoms with Crippen molar-refractivity contribution >= 4 is 21.6 Å². The molecule has 1 atom stereocenters. The molecule has 0 rings (SSSR count). The predicted molar refractivity (Wildman–Crippen MR) is 42.5 cm³/mol. The lowest BCUT2D eigenvalue weighted by Gasteiger charge is -2.07. The average Bonchev–Trinajstić information content (AvgIpc) is 1.87. The molecular formula is C5H9ClN2O2S. The summed E-state index contributed by atoms with van der Waals surface area (Å²) in [7, 11) is -3.38. The van der Waals surface area contributed by atoms with Crippen LogP contribution in [-0.4, -0.2) is 19.7 Å². The molecule has 1 N–H and O–H groups in total. The van der Waals surface area contributed by atoms with Crippen LogP contribution in [0.25, 0.3) is 0 Å². The van der Waals surface area contributed by atoms with Gasteiger partial charge in [-0.25, -0.2) is 13.1 Å². The van der Waals surface area contributed by atoms with E-state index >= 15 is 0 Å². The van der Waals surface area contributed by atoms with Crippen molar-refractivity contribution in [3.63, 3.8) is 0 Å². The molecule has 0 bridgehead atoms. The third-order valence-corrected chi connectivity index (χ3v) is 2.83. The van der Waals surface area contributed by atoms with Crippen molar-refractivity contribution in [2.45, 2.75) is 19.4 Å². The number of halogens is 1. The van der Waals surface area contributed by atoms with Crippen LogP contribution in [0, 0.1) is 11.3 Å². The Balaban J connectivity index is 3.97. The van der Waals surface area contributed by atoms with Gasteiger partial charge in [0.1, 0.15) is 5.21 Å². The van der Waals surface area contributed by atoms with Crippen LogP contribution in [0.2, 0.25) is 0 Å². The van der Waals surface area contributed by atoms with E-state index in [0.29, 0.717) is 0 Å². The fourth-order valence-corrected chi connectivity index (χ4v) is 1.46. The van der Waals surface area contributed by atoms with Crippen LogP contribution < -0.4 is 4.72 Å². The van der Waals surface area contributed by atoms with Gasteiger partial charge in [-0.05, 0) is 6.92 Å². The Bertz CT molecular complexity index is 244. The molecule has 0 fully saturated rings. The minimum atomic E-state index is -3.38. The molecule has 0 spiro atoms. The molecule has 0 saturated heterocycles. The lowest BCUT2D eigenvalue weighted by atomic mass is 10.3. The lowest BCUT2D eigenvalue weighted by Crippen LogP contribution is -2.32. The van der Waals surface area contributed by atoms with Gasteiger partial charge in [0.05, 0.1) is 12.5 Å². The van der Waals surface area contributed by atoms with Crippen LogP contribution in [-0.2, 0) is 10.0 Å². The summed E-state index contributed by atoms with van der Waals surface area (Å²) >= 11 is 5.10. The smallest absolute Gasteiger partial charge is 0.211 e. The number of sulfonamides is 1. The van der Waals surface area contributed by atoms with E-state index in [2.05, 4.69) is 4.72 Å². The molecule has 0 saturated carbocycles. The SMILES string of the molecule is CC(CC#N)NS(=O)(=O)CCl. The molecule has 0 radical (unpaired) electrons. The number of nitriles is 1. The van der Waals surface area contributed by atoms with E-state index < -0.39 is 15.2 Å². The second-order valence-electron chi connectivity index (χ2n) is 2.10. The molecule has 6 heteroatoms. The Morgan fingerprint density at radius 1 is 1.73 bits per heavy atom. The third-order valence-electron chi connectivity index (χ3n) is 0.922. The standard InChI is InChI=1S/C5H9ClN2O2S/c1-5(2-3-7)8-11(9,10)4-6/h5,8H,2,4H2,1H3. The Hall–Kier alpha value is -0.310. The average molecular weight is 197 g/mol. The van der Waals surface area contributed by atoms with Crippen molar-refractivity contribution in [2.24, 2.45) is 0 Å². The van der Waals surface area contributed by atoms with Crippen molar-refractivity contribution in [2.75, 3.05) is 5.21 Å². The highest BCUT2D eigenvalue weighted by Gasteiger charge is 2.11. The third kappa shape index (κ3) is 5.01. The first-order valence-electron chi connectivity index (χ1n) is 2.94. The number of hydrogen-bond acceptors (Lipinski definition) is 3. The molecule has 0 heterocycles. The van der Waals surface area contributed by atoms with Gasteiger partial charge >= 0.3 is 0 Å². The van der Waals surface area contributed by atoms with Crippen molar-refractivity contribution < 1.29 is 8.42 Å². The second kappa shape index (κ2) is 4.54. The molecule has 0 aromatic heterocycles. The highest BCUT2D eigenvalue weighted by atomic mass is 35.5. The summed E-state index contributed by atoms with van der Waals surface area (Å²) in [5.74, 6) is 0. The van der Waals surface area contributed by atoms with Crippen molar-refractivity contribution in [1.82, 2.24) is 4.72 Å². The number of rotatable bonds is 4. The first-order valence-corrected chi connectivity index (χ1v) is 5.13. The monoisotopic (exact) mass is 196 g/mol. The summed E-state index contributed by atoms with van der Waals surface area (Å²) in [4.78, 5) is 0. The summed E-state index contributed by atoms with van der Waals surface area (Å²) in [5.41, 5.74) is 0. The second-order valence-corrected chi connectivity index (χ2v) is 4.44. The van der Waals surface area contributed by atoms with Gasteiger partial charge in [0, 0.05) is 6.04 Å². The zero-order valence-electron chi connectivity index (χ0n) is 6.04. The summed E-state index contributed by atoms with van der Waals surface area (Å²) in [6.45, 7) is 1.60. The minimum absolute atomic E-state index is 0.149. The summed E-state index contributed by atoms with van der Waals surface area (Å²) in [6.07, 6.45) is 0.149. The Labute approximate surface area is 71.2 Å². The molecule has 0 aliphatic heterocycles. The first-order chi connectivity index (χ1) is 5.02. The number of nitrogens with one attached hydrogen (secondary N) is 1. The number of alkyl halides is 1. The van der Waals surface area contributed by atoms with E-state index in [1.54, 1.807) is 6.92 Å². The van der Waals surface area contributed by atoms with Crippen molar-refractivity contribution in [3.05, 3.63) is 0 Å². The van der Waals surface area contributed by atoms with Gasteiger partial charge in [-0.2, -0.15) is 5.26 Å². The molecular weight excluding hydrogens is 188 g/mol. The largest absolute Gasteiger partial charge is 0.225 e. The normalized spacial score (nSPS) is 13.9. The van der Waals surface area contributed by atoms with Gasteiger partial charge in [-0.15, -0.1) is 11.6 Å². The van der Waals surface area contributed by atoms with E-state index in [1.807, 2.05) is 6.07 Å². The number of hydrogen-bond donors (Lipinski definition) is 1. The molecule has 0 amide bonds. The van der Waals surface area contributed by atoms with E-state index in [9.17, 15) is 8.42 Å². The van der Waals surface area contributed by atoms with Gasteiger partial charge < -0.3 is 0 Å². The minimum Gasteiger partial charge on any atom is -0.211 e. The summed E-state index contributed by atoms with van der Waals surface area (Å²) in [6, 6.07) is 1.47. The Morgan fingerprint density at radius 2 is 2.27 bits per heavy atom. The molecule has 11 heavy (non-hydrogen) atoms. The molecule has 0 aromatic rings. The van der Waals surface area contributed by atoms with E-state index in [4.69, 9.17) is 16.9 Å². The molecule has 0 aliphatic carbocycles. The van der Waals surface area contributed by atoms with E-state index in [0.717, 1.165) is 0 Å². The highest BCUT2D eigenvalue weighted by Crippen LogP contribution is 1.94. The molecule has 64 valence electrons. The Kier molecular flexibility index (Phi) is 4.42. The van der Waals surface area contributed by atoms with E-state index in [1.165, 1.54) is 0 Å². The maximum absolute atomic E-state index is 10.7. The van der Waals surface area contributed by atoms with Gasteiger partial charge in [0.15, 0.2) is 0 Å². The van der Waals surface area contributed by atoms with Crippen LogP contribution in [0.15, 0.2) is 0 Å². The van der Waals surface area contributed by atoms with Crippen LogP contribution in [0.3, 0.4) is 0 Å². The molecule has 1 unspecified atom stereocenters. The summed E-state index contributed by atoms with van der Waals surface area (Å²) in [5, 5.41) is 7.72. The topological polar surface area (TPSA) is 70.0 Å². The maximum Gasteiger partial charge on any atom is 0.225 e. The zero-order chi connectivity index (χ0) is 8.91. The fourth-order valence-electron chi connectivity index (χ4n) is 0.517. The fraction of sp³-hybridized carbons (Fsp3) is 0.800. The van der Waals surface area contributed by atoms with Crippen LogP contribution in [0.1, 0.15) is 13.3 Å². The zero-order valence-corrected chi connectivity index (χ0v) is 7.61. The highest BCUT2D eigenvalue weighted by molar-refractivity contribution is 7.90. The van der Waals surface area contributed by atoms with Crippen LogP contribution >= 0.6 is 11.6 Å². The quantitative estimate of drug-likeness (QED) is 0.662. The molecule has 0 aromatic carbocycles. The van der Waals surface area contributed by atoms with Crippen LogP contribution in [0.4, 0.5) is 0 Å². The Morgan fingerprint density at radius 3 is 2.64 bits per heavy atom. The van der Waals surface area contributed by atoms with Gasteiger partial charge in [0.25, 0.3) is 0 Å². The molecule has 4 nitrogen and oxygen atoms in total. The van der Waals surface area contributed by atoms with Gasteiger partial charge in [0.2, 0.25) is 10.0 Å². The first kappa shape index (κ1) is 10.7. The van der Waals surface area contributed by atoms with Crippen molar-refractivity contribution in [1.29, 1.82) is 5.26 Å². The van der Waals surface area contributed by atoms with E-state index in [-0.39, 0.29) is 12.5 Å². The van der Waals surface area contributed by atoms with Crippen LogP contribution in [0.5, 0.6) is 0 Å².